The maximum absolute atomic E-state index is 13.9. The molecule has 1 heterocycles. The summed E-state index contributed by atoms with van der Waals surface area (Å²) in [5, 5.41) is 12.5. The number of ether oxygens (including phenoxy) is 1. The van der Waals surface area contributed by atoms with Gasteiger partial charge >= 0.3 is 0 Å². The van der Waals surface area contributed by atoms with Gasteiger partial charge in [0.2, 0.25) is 0 Å². The fourth-order valence-electron chi connectivity index (χ4n) is 2.34. The van der Waals surface area contributed by atoms with E-state index in [2.05, 4.69) is 5.32 Å². The van der Waals surface area contributed by atoms with Crippen LogP contribution in [0.1, 0.15) is 5.56 Å². The summed E-state index contributed by atoms with van der Waals surface area (Å²) < 4.78 is 19.0. The second kappa shape index (κ2) is 6.29. The van der Waals surface area contributed by atoms with Gasteiger partial charge in [-0.05, 0) is 48.1 Å². The van der Waals surface area contributed by atoms with Gasteiger partial charge in [-0.3, -0.25) is 4.79 Å². The van der Waals surface area contributed by atoms with Crippen molar-refractivity contribution < 1.29 is 19.0 Å². The van der Waals surface area contributed by atoms with Gasteiger partial charge in [-0.2, -0.15) is 0 Å². The van der Waals surface area contributed by atoms with E-state index in [1.165, 1.54) is 31.4 Å². The molecule has 0 spiro atoms. The van der Waals surface area contributed by atoms with Crippen molar-refractivity contribution in [3.8, 4) is 11.5 Å². The first-order chi connectivity index (χ1) is 11.5. The highest BCUT2D eigenvalue weighted by molar-refractivity contribution is 7.80. The fourth-order valence-corrected chi connectivity index (χ4v) is 2.63. The van der Waals surface area contributed by atoms with Crippen LogP contribution in [0.5, 0.6) is 11.5 Å². The molecule has 0 radical (unpaired) electrons. The number of para-hydroxylation sites is 1. The monoisotopic (exact) mass is 344 g/mol. The molecule has 0 aliphatic carbocycles. The fraction of sp³-hybridized carbons (Fsp3) is 0.0588. The van der Waals surface area contributed by atoms with E-state index in [9.17, 15) is 14.3 Å². The molecule has 24 heavy (non-hydrogen) atoms. The summed E-state index contributed by atoms with van der Waals surface area (Å²) in [5.41, 5.74) is 0.918. The highest BCUT2D eigenvalue weighted by Gasteiger charge is 2.33. The lowest BCUT2D eigenvalue weighted by Crippen LogP contribution is -2.31. The molecule has 0 bridgehead atoms. The van der Waals surface area contributed by atoms with Gasteiger partial charge in [0.05, 0.1) is 12.8 Å². The maximum Gasteiger partial charge on any atom is 0.281 e. The first-order valence-corrected chi connectivity index (χ1v) is 7.41. The molecule has 1 aliphatic rings. The molecular weight excluding hydrogens is 331 g/mol. The predicted octanol–water partition coefficient (Wildman–Crippen LogP) is 2.80. The van der Waals surface area contributed by atoms with Gasteiger partial charge in [-0.1, -0.05) is 18.2 Å². The number of amides is 1. The lowest BCUT2D eigenvalue weighted by atomic mass is 10.1. The van der Waals surface area contributed by atoms with Crippen molar-refractivity contribution in [3.05, 3.63) is 59.5 Å². The van der Waals surface area contributed by atoms with Crippen LogP contribution in [0.4, 0.5) is 10.1 Å². The maximum atomic E-state index is 13.9. The van der Waals surface area contributed by atoms with Crippen LogP contribution in [0.15, 0.2) is 48.2 Å². The quantitative estimate of drug-likeness (QED) is 0.662. The molecule has 0 aromatic heterocycles. The highest BCUT2D eigenvalue weighted by atomic mass is 32.1. The molecule has 0 atom stereocenters. The Morgan fingerprint density at radius 1 is 1.29 bits per heavy atom. The van der Waals surface area contributed by atoms with Crippen LogP contribution in [0.2, 0.25) is 0 Å². The Morgan fingerprint density at radius 2 is 2.04 bits per heavy atom. The van der Waals surface area contributed by atoms with Gasteiger partial charge in [0.15, 0.2) is 16.6 Å². The normalized spacial score (nSPS) is 15.8. The molecule has 3 rings (SSSR count). The van der Waals surface area contributed by atoms with Crippen molar-refractivity contribution in [3.63, 3.8) is 0 Å². The largest absolute Gasteiger partial charge is 0.504 e. The molecule has 122 valence electrons. The first kappa shape index (κ1) is 15.9. The molecule has 1 amide bonds. The summed E-state index contributed by atoms with van der Waals surface area (Å²) in [6.07, 6.45) is 1.55. The minimum absolute atomic E-state index is 0.00568. The van der Waals surface area contributed by atoms with Crippen LogP contribution in [0.25, 0.3) is 6.08 Å². The van der Waals surface area contributed by atoms with E-state index in [1.807, 2.05) is 0 Å². The van der Waals surface area contributed by atoms with E-state index in [-0.39, 0.29) is 28.0 Å². The molecule has 1 aliphatic heterocycles. The third-order valence-electron chi connectivity index (χ3n) is 3.49. The van der Waals surface area contributed by atoms with Gasteiger partial charge in [-0.25, -0.2) is 9.29 Å². The Balaban J connectivity index is 1.96. The standard InChI is InChI=1S/C17H13FN2O3S/c1-23-15-9-10(6-7-14(15)21)8-12-16(22)20(17(24)19-12)13-5-3-2-4-11(13)18/h2-9,21H,1H3,(H,19,24)/b12-8+. The molecule has 2 aromatic carbocycles. The van der Waals surface area contributed by atoms with Crippen LogP contribution >= 0.6 is 12.2 Å². The van der Waals surface area contributed by atoms with Crippen molar-refractivity contribution in [2.75, 3.05) is 12.0 Å². The van der Waals surface area contributed by atoms with Gasteiger partial charge in [0.1, 0.15) is 11.5 Å². The minimum atomic E-state index is -0.539. The number of carbonyl (C=O) groups excluding carboxylic acids is 1. The number of anilines is 1. The summed E-state index contributed by atoms with van der Waals surface area (Å²) in [7, 11) is 1.43. The number of hydrogen-bond donors (Lipinski definition) is 2. The molecular formula is C17H13FN2O3S. The zero-order valence-corrected chi connectivity index (χ0v) is 13.4. The van der Waals surface area contributed by atoms with Crippen LogP contribution in [0.3, 0.4) is 0 Å². The number of hydrogen-bond acceptors (Lipinski definition) is 4. The van der Waals surface area contributed by atoms with E-state index in [1.54, 1.807) is 24.3 Å². The van der Waals surface area contributed by atoms with Crippen molar-refractivity contribution in [1.82, 2.24) is 5.32 Å². The molecule has 2 aromatic rings. The van der Waals surface area contributed by atoms with E-state index in [0.717, 1.165) is 4.90 Å². The van der Waals surface area contributed by atoms with E-state index >= 15 is 0 Å². The van der Waals surface area contributed by atoms with E-state index in [0.29, 0.717) is 5.56 Å². The lowest BCUT2D eigenvalue weighted by molar-refractivity contribution is -0.113. The smallest absolute Gasteiger partial charge is 0.281 e. The summed E-state index contributed by atoms with van der Waals surface area (Å²) in [6.45, 7) is 0. The number of nitrogens with zero attached hydrogens (tertiary/aromatic N) is 1. The molecule has 0 saturated carbocycles. The number of aromatic hydroxyl groups is 1. The number of benzene rings is 2. The number of nitrogens with one attached hydrogen (secondary N) is 1. The van der Waals surface area contributed by atoms with E-state index < -0.39 is 11.7 Å². The molecule has 7 heteroatoms. The third-order valence-corrected chi connectivity index (χ3v) is 3.77. The zero-order chi connectivity index (χ0) is 17.3. The second-order valence-corrected chi connectivity index (χ2v) is 5.40. The second-order valence-electron chi connectivity index (χ2n) is 5.01. The van der Waals surface area contributed by atoms with Crippen LogP contribution < -0.4 is 15.0 Å². The number of phenols is 1. The summed E-state index contributed by atoms with van der Waals surface area (Å²) in [4.78, 5) is 13.7. The Labute approximate surface area is 143 Å². The van der Waals surface area contributed by atoms with Gasteiger partial charge < -0.3 is 15.2 Å². The van der Waals surface area contributed by atoms with Crippen molar-refractivity contribution >= 4 is 35.0 Å². The van der Waals surface area contributed by atoms with Crippen LogP contribution in [-0.4, -0.2) is 23.2 Å². The topological polar surface area (TPSA) is 61.8 Å². The number of rotatable bonds is 3. The molecule has 5 nitrogen and oxygen atoms in total. The van der Waals surface area contributed by atoms with Crippen molar-refractivity contribution in [2.24, 2.45) is 0 Å². The van der Waals surface area contributed by atoms with Crippen LogP contribution in [-0.2, 0) is 4.79 Å². The van der Waals surface area contributed by atoms with E-state index in [4.69, 9.17) is 17.0 Å². The number of phenolic OH excluding ortho intramolecular Hbond substituents is 1. The molecule has 1 fully saturated rings. The van der Waals surface area contributed by atoms with Gasteiger partial charge in [0, 0.05) is 0 Å². The van der Waals surface area contributed by atoms with Crippen molar-refractivity contribution in [1.29, 1.82) is 0 Å². The van der Waals surface area contributed by atoms with Gasteiger partial charge in [0.25, 0.3) is 5.91 Å². The van der Waals surface area contributed by atoms with Gasteiger partial charge in [-0.15, -0.1) is 0 Å². The average Bonchev–Trinajstić information content (AvgIpc) is 2.84. The first-order valence-electron chi connectivity index (χ1n) is 7.00. The number of methoxy groups -OCH3 is 1. The summed E-state index contributed by atoms with van der Waals surface area (Å²) in [6, 6.07) is 10.6. The number of halogens is 1. The molecule has 0 unspecified atom stereocenters. The van der Waals surface area contributed by atoms with Crippen molar-refractivity contribution in [2.45, 2.75) is 0 Å². The lowest BCUT2D eigenvalue weighted by Gasteiger charge is -2.14. The summed E-state index contributed by atoms with van der Waals surface area (Å²) in [5.74, 6) is -0.725. The van der Waals surface area contributed by atoms with Crippen LogP contribution in [0, 0.1) is 5.82 Å². The number of thiocarbonyl (C=S) groups is 1. The Hall–Kier alpha value is -2.93. The molecule has 2 N–H and O–H groups in total. The Kier molecular flexibility index (Phi) is 4.18. The highest BCUT2D eigenvalue weighted by Crippen LogP contribution is 2.29. The minimum Gasteiger partial charge on any atom is -0.504 e. The third kappa shape index (κ3) is 2.81. The molecule has 1 saturated heterocycles. The predicted molar refractivity (Wildman–Crippen MR) is 92.3 cm³/mol. The Bertz CT molecular complexity index is 867. The zero-order valence-electron chi connectivity index (χ0n) is 12.6. The average molecular weight is 344 g/mol. The number of carbonyl (C=O) groups is 1. The summed E-state index contributed by atoms with van der Waals surface area (Å²) >= 11 is 5.14. The SMILES string of the molecule is COc1cc(/C=C2/NC(=S)N(c3ccccc3F)C2=O)ccc1O. The Morgan fingerprint density at radius 3 is 2.75 bits per heavy atom.